The van der Waals surface area contributed by atoms with Crippen molar-refractivity contribution in [1.82, 2.24) is 14.5 Å². The van der Waals surface area contributed by atoms with Gasteiger partial charge in [-0.2, -0.15) is 0 Å². The van der Waals surface area contributed by atoms with Gasteiger partial charge in [-0.3, -0.25) is 4.57 Å². The van der Waals surface area contributed by atoms with Crippen LogP contribution in [0, 0.1) is 0 Å². The molecule has 0 atom stereocenters. The molecule has 0 N–H and O–H groups in total. The predicted octanol–water partition coefficient (Wildman–Crippen LogP) is 12.8. The molecule has 0 aliphatic heterocycles. The minimum absolute atomic E-state index is 0.651. The van der Waals surface area contributed by atoms with Gasteiger partial charge in [0, 0.05) is 32.5 Å². The average molecular weight is 662 g/mol. The van der Waals surface area contributed by atoms with Crippen molar-refractivity contribution < 1.29 is 4.42 Å². The molecule has 0 fully saturated rings. The SMILES string of the molecule is c1ccc(-c2ccc3c4c(cccc24)-c2cccc4c2c2c-3cccc2n4-c2nc(-c3ccc4oc5ccccc5c4c3)c3ccccc3n2)cc1. The molecule has 3 heterocycles. The molecule has 8 aromatic carbocycles. The molecule has 0 saturated carbocycles. The fourth-order valence-corrected chi connectivity index (χ4v) is 8.76. The van der Waals surface area contributed by atoms with Crippen molar-refractivity contribution in [2.75, 3.05) is 0 Å². The van der Waals surface area contributed by atoms with Gasteiger partial charge in [-0.05, 0) is 86.6 Å². The highest BCUT2D eigenvalue weighted by atomic mass is 16.3. The van der Waals surface area contributed by atoms with Gasteiger partial charge >= 0.3 is 0 Å². The molecule has 1 aliphatic carbocycles. The van der Waals surface area contributed by atoms with Crippen LogP contribution >= 0.6 is 0 Å². The van der Waals surface area contributed by atoms with E-state index in [9.17, 15) is 0 Å². The van der Waals surface area contributed by atoms with E-state index in [0.29, 0.717) is 5.95 Å². The van der Waals surface area contributed by atoms with Gasteiger partial charge in [0.05, 0.1) is 22.2 Å². The van der Waals surface area contributed by atoms with Crippen LogP contribution < -0.4 is 0 Å². The monoisotopic (exact) mass is 661 g/mol. The van der Waals surface area contributed by atoms with Crippen molar-refractivity contribution in [3.63, 3.8) is 0 Å². The Hall–Kier alpha value is -7.04. The first-order valence-corrected chi connectivity index (χ1v) is 17.7. The minimum atomic E-state index is 0.651. The molecule has 0 saturated heterocycles. The van der Waals surface area contributed by atoms with Crippen molar-refractivity contribution in [1.29, 1.82) is 0 Å². The number of benzene rings is 8. The van der Waals surface area contributed by atoms with E-state index in [0.717, 1.165) is 55.1 Å². The van der Waals surface area contributed by atoms with E-state index in [1.165, 1.54) is 54.9 Å². The Bertz CT molecular complexity index is 3230. The number of aromatic nitrogens is 3. The maximum atomic E-state index is 6.19. The van der Waals surface area contributed by atoms with Crippen molar-refractivity contribution in [3.05, 3.63) is 164 Å². The highest BCUT2D eigenvalue weighted by molar-refractivity contribution is 6.28. The summed E-state index contributed by atoms with van der Waals surface area (Å²) in [5.74, 6) is 0.651. The van der Waals surface area contributed by atoms with Crippen LogP contribution in [0.4, 0.5) is 0 Å². The van der Waals surface area contributed by atoms with E-state index in [2.05, 4.69) is 156 Å². The summed E-state index contributed by atoms with van der Waals surface area (Å²) >= 11 is 0. The lowest BCUT2D eigenvalue weighted by molar-refractivity contribution is 0.669. The van der Waals surface area contributed by atoms with Gasteiger partial charge in [0.1, 0.15) is 11.2 Å². The number of fused-ring (bicyclic) bond motifs is 6. The van der Waals surface area contributed by atoms with Crippen LogP contribution in [0.2, 0.25) is 0 Å². The highest BCUT2D eigenvalue weighted by Crippen LogP contribution is 2.50. The lowest BCUT2D eigenvalue weighted by Gasteiger charge is -2.16. The van der Waals surface area contributed by atoms with Crippen molar-refractivity contribution >= 4 is 65.4 Å². The molecule has 4 nitrogen and oxygen atoms in total. The smallest absolute Gasteiger partial charge is 0.235 e. The summed E-state index contributed by atoms with van der Waals surface area (Å²) in [5.41, 5.74) is 14.1. The van der Waals surface area contributed by atoms with Crippen LogP contribution in [0.25, 0.3) is 116 Å². The Morgan fingerprint density at radius 1 is 0.385 bits per heavy atom. The largest absolute Gasteiger partial charge is 0.456 e. The molecule has 12 rings (SSSR count). The topological polar surface area (TPSA) is 43.9 Å². The van der Waals surface area contributed by atoms with Crippen LogP contribution in [-0.2, 0) is 0 Å². The maximum absolute atomic E-state index is 6.19. The second-order valence-electron chi connectivity index (χ2n) is 13.7. The lowest BCUT2D eigenvalue weighted by Crippen LogP contribution is -2.03. The number of hydrogen-bond acceptors (Lipinski definition) is 3. The number of nitrogens with zero attached hydrogens (tertiary/aromatic N) is 3. The second-order valence-corrected chi connectivity index (χ2v) is 13.7. The molecule has 0 radical (unpaired) electrons. The van der Waals surface area contributed by atoms with E-state index in [4.69, 9.17) is 14.4 Å². The summed E-state index contributed by atoms with van der Waals surface area (Å²) in [6.07, 6.45) is 0. The summed E-state index contributed by atoms with van der Waals surface area (Å²) in [7, 11) is 0. The molecule has 0 spiro atoms. The van der Waals surface area contributed by atoms with E-state index in [-0.39, 0.29) is 0 Å². The van der Waals surface area contributed by atoms with Gasteiger partial charge in [0.15, 0.2) is 0 Å². The summed E-state index contributed by atoms with van der Waals surface area (Å²) in [6, 6.07) is 58.3. The first kappa shape index (κ1) is 27.7. The number of hydrogen-bond donors (Lipinski definition) is 0. The zero-order chi connectivity index (χ0) is 33.9. The molecule has 11 aromatic rings. The Balaban J connectivity index is 1.15. The highest BCUT2D eigenvalue weighted by Gasteiger charge is 2.26. The summed E-state index contributed by atoms with van der Waals surface area (Å²) < 4.78 is 8.45. The Labute approximate surface area is 297 Å². The van der Waals surface area contributed by atoms with E-state index < -0.39 is 0 Å². The minimum Gasteiger partial charge on any atom is -0.456 e. The van der Waals surface area contributed by atoms with Gasteiger partial charge in [-0.15, -0.1) is 0 Å². The zero-order valence-corrected chi connectivity index (χ0v) is 27.8. The summed E-state index contributed by atoms with van der Waals surface area (Å²) in [5, 5.41) is 8.19. The van der Waals surface area contributed by atoms with Crippen LogP contribution in [0.3, 0.4) is 0 Å². The summed E-state index contributed by atoms with van der Waals surface area (Å²) in [4.78, 5) is 10.7. The zero-order valence-electron chi connectivity index (χ0n) is 27.8. The van der Waals surface area contributed by atoms with E-state index >= 15 is 0 Å². The molecule has 0 bridgehead atoms. The maximum Gasteiger partial charge on any atom is 0.235 e. The number of rotatable bonds is 3. The Kier molecular flexibility index (Phi) is 5.47. The van der Waals surface area contributed by atoms with Crippen LogP contribution in [-0.4, -0.2) is 14.5 Å². The van der Waals surface area contributed by atoms with E-state index in [1.807, 2.05) is 12.1 Å². The van der Waals surface area contributed by atoms with Gasteiger partial charge < -0.3 is 4.42 Å². The third-order valence-corrected chi connectivity index (χ3v) is 11.0. The molecule has 240 valence electrons. The molecule has 4 heteroatoms. The lowest BCUT2D eigenvalue weighted by atomic mass is 9.89. The van der Waals surface area contributed by atoms with Crippen LogP contribution in [0.15, 0.2) is 168 Å². The fourth-order valence-electron chi connectivity index (χ4n) is 8.76. The third-order valence-electron chi connectivity index (χ3n) is 11.0. The first-order chi connectivity index (χ1) is 25.8. The van der Waals surface area contributed by atoms with Crippen LogP contribution in [0.5, 0.6) is 0 Å². The molecule has 3 aromatic heterocycles. The molecule has 0 amide bonds. The predicted molar refractivity (Wildman–Crippen MR) is 214 cm³/mol. The molecular weight excluding hydrogens is 635 g/mol. The molecule has 0 unspecified atom stereocenters. The number of furan rings is 1. The van der Waals surface area contributed by atoms with Gasteiger partial charge in [0.2, 0.25) is 5.95 Å². The van der Waals surface area contributed by atoms with Gasteiger partial charge in [0.25, 0.3) is 0 Å². The molecular formula is C48H27N3O. The van der Waals surface area contributed by atoms with Crippen molar-refractivity contribution in [3.8, 4) is 50.6 Å². The Morgan fingerprint density at radius 3 is 1.81 bits per heavy atom. The van der Waals surface area contributed by atoms with Crippen molar-refractivity contribution in [2.45, 2.75) is 0 Å². The number of para-hydroxylation sites is 2. The average Bonchev–Trinajstić information content (AvgIpc) is 3.72. The quantitative estimate of drug-likeness (QED) is 0.189. The normalized spacial score (nSPS) is 12.2. The van der Waals surface area contributed by atoms with Crippen molar-refractivity contribution in [2.24, 2.45) is 0 Å². The summed E-state index contributed by atoms with van der Waals surface area (Å²) in [6.45, 7) is 0. The fraction of sp³-hybridized carbons (Fsp3) is 0. The third kappa shape index (κ3) is 3.70. The Morgan fingerprint density at radius 2 is 1.00 bits per heavy atom. The van der Waals surface area contributed by atoms with Gasteiger partial charge in [-0.1, -0.05) is 121 Å². The van der Waals surface area contributed by atoms with E-state index in [1.54, 1.807) is 0 Å². The van der Waals surface area contributed by atoms with Gasteiger partial charge in [-0.25, -0.2) is 9.97 Å². The molecule has 1 aliphatic rings. The van der Waals surface area contributed by atoms with Crippen LogP contribution in [0.1, 0.15) is 0 Å². The first-order valence-electron chi connectivity index (χ1n) is 17.7. The standard InChI is InChI=1S/C48H27N3O/c1-2-11-28(12-3-1)30-24-25-36-35-18-10-21-41-46(35)45-34(33-16-8-15-32(30)44(33)36)17-9-20-40(45)51(41)48-49-39-19-6-4-14-37(39)47(50-48)29-23-26-43-38(27-29)31-13-5-7-22-42(31)52-43/h1-27H. The molecule has 52 heavy (non-hydrogen) atoms. The second kappa shape index (κ2) is 10.3.